The fourth-order valence-corrected chi connectivity index (χ4v) is 3.00. The van der Waals surface area contributed by atoms with Crippen molar-refractivity contribution in [2.24, 2.45) is 5.92 Å². The number of rotatable bonds is 4. The Morgan fingerprint density at radius 1 is 1.47 bits per heavy atom. The first-order valence-electron chi connectivity index (χ1n) is 6.65. The molecule has 0 heterocycles. The van der Waals surface area contributed by atoms with Crippen molar-refractivity contribution in [2.75, 3.05) is 5.32 Å². The van der Waals surface area contributed by atoms with Gasteiger partial charge >= 0.3 is 0 Å². The van der Waals surface area contributed by atoms with Gasteiger partial charge in [-0.2, -0.15) is 0 Å². The van der Waals surface area contributed by atoms with E-state index in [9.17, 15) is 0 Å². The van der Waals surface area contributed by atoms with Gasteiger partial charge in [0.15, 0.2) is 0 Å². The van der Waals surface area contributed by atoms with Crippen LogP contribution in [0.2, 0.25) is 0 Å². The number of nitrogens with one attached hydrogen (secondary N) is 1. The Morgan fingerprint density at radius 3 is 2.89 bits per heavy atom. The molecule has 19 heavy (non-hydrogen) atoms. The Bertz CT molecular complexity index is 507. The summed E-state index contributed by atoms with van der Waals surface area (Å²) in [6, 6.07) is 8.75. The molecule has 1 unspecified atom stereocenters. The third kappa shape index (κ3) is 3.87. The first-order chi connectivity index (χ1) is 9.10. The van der Waals surface area contributed by atoms with Gasteiger partial charge in [-0.3, -0.25) is 0 Å². The largest absolute Gasteiger partial charge is 0.382 e. The number of halogens is 2. The highest BCUT2D eigenvalue weighted by Crippen LogP contribution is 2.30. The first-order valence-corrected chi connectivity index (χ1v) is 7.82. The highest BCUT2D eigenvalue weighted by Gasteiger charge is 2.21. The van der Waals surface area contributed by atoms with E-state index in [1.807, 2.05) is 12.1 Å². The Morgan fingerprint density at radius 2 is 2.26 bits per heavy atom. The average Bonchev–Trinajstić information content (AvgIpc) is 2.39. The lowest BCUT2D eigenvalue weighted by atomic mass is 9.87. The van der Waals surface area contributed by atoms with Crippen LogP contribution in [-0.2, 0) is 0 Å². The maximum Gasteiger partial charge on any atom is 0.0392 e. The Hall–Kier alpha value is -0.730. The van der Waals surface area contributed by atoms with Crippen molar-refractivity contribution in [2.45, 2.75) is 32.7 Å². The summed E-state index contributed by atoms with van der Waals surface area (Å²) in [4.78, 5) is 0. The standard InChI is InChI=1S/C16H19BrClN/c1-3-16(12-7-8-15(18)11(2)9-12)19-14-6-4-5-13(17)10-14/h4-8,10,12,16,19H,3,9H2,1-2H3/t12?,16-/m1/s1. The number of anilines is 1. The molecule has 1 aliphatic carbocycles. The zero-order valence-electron chi connectivity index (χ0n) is 11.3. The van der Waals surface area contributed by atoms with Crippen molar-refractivity contribution < 1.29 is 0 Å². The second-order valence-electron chi connectivity index (χ2n) is 5.02. The number of allylic oxidation sites excluding steroid dienone is 3. The van der Waals surface area contributed by atoms with Gasteiger partial charge in [0.25, 0.3) is 0 Å². The zero-order chi connectivity index (χ0) is 13.8. The molecule has 0 spiro atoms. The topological polar surface area (TPSA) is 12.0 Å². The van der Waals surface area contributed by atoms with Crippen molar-refractivity contribution in [1.82, 2.24) is 0 Å². The van der Waals surface area contributed by atoms with Crippen LogP contribution in [0.5, 0.6) is 0 Å². The van der Waals surface area contributed by atoms with Crippen molar-refractivity contribution in [3.05, 3.63) is 51.5 Å². The van der Waals surface area contributed by atoms with E-state index in [2.05, 4.69) is 59.4 Å². The first kappa shape index (κ1) is 14.7. The van der Waals surface area contributed by atoms with E-state index < -0.39 is 0 Å². The quantitative estimate of drug-likeness (QED) is 0.738. The fourth-order valence-electron chi connectivity index (χ4n) is 2.45. The second kappa shape index (κ2) is 6.62. The molecule has 0 radical (unpaired) electrons. The summed E-state index contributed by atoms with van der Waals surface area (Å²) in [5.41, 5.74) is 2.44. The molecule has 1 aromatic rings. The van der Waals surface area contributed by atoms with Crippen LogP contribution in [0.15, 0.2) is 51.5 Å². The highest BCUT2D eigenvalue weighted by atomic mass is 79.9. The summed E-state index contributed by atoms with van der Waals surface area (Å²) in [5.74, 6) is 0.506. The van der Waals surface area contributed by atoms with Gasteiger partial charge in [-0.1, -0.05) is 52.2 Å². The minimum atomic E-state index is 0.435. The lowest BCUT2D eigenvalue weighted by Gasteiger charge is -2.28. The molecule has 0 aliphatic heterocycles. The summed E-state index contributed by atoms with van der Waals surface area (Å²) >= 11 is 9.64. The van der Waals surface area contributed by atoms with Crippen LogP contribution in [0, 0.1) is 5.92 Å². The molecule has 0 aromatic heterocycles. The fraction of sp³-hybridized carbons (Fsp3) is 0.375. The van der Waals surface area contributed by atoms with E-state index in [0.29, 0.717) is 12.0 Å². The Balaban J connectivity index is 2.08. The second-order valence-corrected chi connectivity index (χ2v) is 6.35. The minimum absolute atomic E-state index is 0.435. The van der Waals surface area contributed by atoms with Crippen LogP contribution in [0.4, 0.5) is 5.69 Å². The highest BCUT2D eigenvalue weighted by molar-refractivity contribution is 9.10. The third-order valence-electron chi connectivity index (χ3n) is 3.57. The summed E-state index contributed by atoms with van der Waals surface area (Å²) in [6.45, 7) is 4.34. The predicted molar refractivity (Wildman–Crippen MR) is 87.6 cm³/mol. The molecule has 1 aliphatic rings. The SMILES string of the molecule is CC[C@@H](Nc1cccc(Br)c1)C1C=CC(Cl)=C(C)C1. The lowest BCUT2D eigenvalue weighted by Crippen LogP contribution is -2.28. The van der Waals surface area contributed by atoms with Crippen LogP contribution in [0.25, 0.3) is 0 Å². The van der Waals surface area contributed by atoms with E-state index in [-0.39, 0.29) is 0 Å². The summed E-state index contributed by atoms with van der Waals surface area (Å²) in [7, 11) is 0. The van der Waals surface area contributed by atoms with Gasteiger partial charge < -0.3 is 5.32 Å². The third-order valence-corrected chi connectivity index (χ3v) is 4.51. The van der Waals surface area contributed by atoms with Crippen molar-refractivity contribution in [3.63, 3.8) is 0 Å². The van der Waals surface area contributed by atoms with Crippen LogP contribution in [-0.4, -0.2) is 6.04 Å². The molecule has 3 heteroatoms. The molecule has 102 valence electrons. The molecule has 0 amide bonds. The summed E-state index contributed by atoms with van der Waals surface area (Å²) < 4.78 is 1.10. The lowest BCUT2D eigenvalue weighted by molar-refractivity contribution is 0.509. The molecular weight excluding hydrogens is 322 g/mol. The molecule has 2 atom stereocenters. The van der Waals surface area contributed by atoms with E-state index >= 15 is 0 Å². The van der Waals surface area contributed by atoms with Crippen molar-refractivity contribution in [1.29, 1.82) is 0 Å². The van der Waals surface area contributed by atoms with E-state index in [1.54, 1.807) is 0 Å². The van der Waals surface area contributed by atoms with Crippen molar-refractivity contribution in [3.8, 4) is 0 Å². The number of hydrogen-bond donors (Lipinski definition) is 1. The van der Waals surface area contributed by atoms with Gasteiger partial charge in [-0.15, -0.1) is 0 Å². The van der Waals surface area contributed by atoms with Gasteiger partial charge in [0.1, 0.15) is 0 Å². The molecule has 0 saturated carbocycles. The predicted octanol–water partition coefficient (Wildman–Crippen LogP) is 5.73. The van der Waals surface area contributed by atoms with Gasteiger partial charge in [-0.05, 0) is 44.0 Å². The smallest absolute Gasteiger partial charge is 0.0392 e. The maximum absolute atomic E-state index is 6.13. The maximum atomic E-state index is 6.13. The molecule has 1 nitrogen and oxygen atoms in total. The van der Waals surface area contributed by atoms with Gasteiger partial charge in [0.2, 0.25) is 0 Å². The molecule has 0 bridgehead atoms. The van der Waals surface area contributed by atoms with Crippen LogP contribution in [0.1, 0.15) is 26.7 Å². The normalized spacial score (nSPS) is 20.5. The molecule has 0 fully saturated rings. The summed E-state index contributed by atoms with van der Waals surface area (Å²) in [5, 5.41) is 4.52. The molecular formula is C16H19BrClN. The van der Waals surface area contributed by atoms with Gasteiger partial charge in [-0.25, -0.2) is 0 Å². The number of benzene rings is 1. The van der Waals surface area contributed by atoms with Gasteiger partial charge in [0, 0.05) is 27.2 Å². The van der Waals surface area contributed by atoms with E-state index in [1.165, 1.54) is 5.57 Å². The van der Waals surface area contributed by atoms with E-state index in [0.717, 1.165) is 28.0 Å². The van der Waals surface area contributed by atoms with Gasteiger partial charge in [0.05, 0.1) is 0 Å². The number of hydrogen-bond acceptors (Lipinski definition) is 1. The average molecular weight is 341 g/mol. The zero-order valence-corrected chi connectivity index (χ0v) is 13.6. The minimum Gasteiger partial charge on any atom is -0.382 e. The molecule has 2 rings (SSSR count). The Kier molecular flexibility index (Phi) is 5.12. The monoisotopic (exact) mass is 339 g/mol. The molecule has 1 aromatic carbocycles. The summed E-state index contributed by atoms with van der Waals surface area (Å²) in [6.07, 6.45) is 6.39. The Labute approximate surface area is 128 Å². The molecule has 1 N–H and O–H groups in total. The van der Waals surface area contributed by atoms with Crippen LogP contribution < -0.4 is 5.32 Å². The van der Waals surface area contributed by atoms with Crippen LogP contribution >= 0.6 is 27.5 Å². The van der Waals surface area contributed by atoms with Crippen LogP contribution in [0.3, 0.4) is 0 Å². The van der Waals surface area contributed by atoms with E-state index in [4.69, 9.17) is 11.6 Å². The van der Waals surface area contributed by atoms with Crippen molar-refractivity contribution >= 4 is 33.2 Å². The molecule has 0 saturated heterocycles.